The summed E-state index contributed by atoms with van der Waals surface area (Å²) >= 11 is 0. The molecule has 0 radical (unpaired) electrons. The molecule has 11 heteroatoms. The molecule has 0 bridgehead atoms. The maximum atomic E-state index is 12.6. The summed E-state index contributed by atoms with van der Waals surface area (Å²) in [4.78, 5) is 16.1. The van der Waals surface area contributed by atoms with E-state index in [1.807, 2.05) is 20.8 Å². The van der Waals surface area contributed by atoms with Gasteiger partial charge in [0.1, 0.15) is 5.60 Å². The van der Waals surface area contributed by atoms with Gasteiger partial charge in [0.05, 0.1) is 4.90 Å². The van der Waals surface area contributed by atoms with Crippen LogP contribution >= 0.6 is 24.0 Å². The predicted molar refractivity (Wildman–Crippen MR) is 132 cm³/mol. The number of carbonyl (C=O) groups is 1. The number of ether oxygens (including phenoxy) is 1. The molecule has 1 amide bonds. The van der Waals surface area contributed by atoms with Crippen LogP contribution in [0.3, 0.4) is 0 Å². The third-order valence-electron chi connectivity index (χ3n) is 4.40. The van der Waals surface area contributed by atoms with Gasteiger partial charge in [-0.05, 0) is 51.3 Å². The minimum atomic E-state index is -3.39. The number of benzene rings is 1. The lowest BCUT2D eigenvalue weighted by molar-refractivity contribution is 0.0529. The van der Waals surface area contributed by atoms with Crippen LogP contribution in [0.2, 0.25) is 0 Å². The molecule has 1 fully saturated rings. The van der Waals surface area contributed by atoms with Crippen LogP contribution in [0.15, 0.2) is 34.2 Å². The van der Waals surface area contributed by atoms with Gasteiger partial charge in [-0.1, -0.05) is 12.1 Å². The van der Waals surface area contributed by atoms with Gasteiger partial charge in [0.15, 0.2) is 5.96 Å². The van der Waals surface area contributed by atoms with E-state index in [4.69, 9.17) is 4.74 Å². The van der Waals surface area contributed by atoms with Gasteiger partial charge in [0.2, 0.25) is 10.0 Å². The average molecular weight is 567 g/mol. The second kappa shape index (κ2) is 12.4. The Kier molecular flexibility index (Phi) is 11.0. The van der Waals surface area contributed by atoms with Gasteiger partial charge < -0.3 is 20.7 Å². The molecule has 0 aliphatic carbocycles. The number of nitrogens with one attached hydrogen (secondary N) is 3. The normalized spacial score (nSPS) is 15.2. The van der Waals surface area contributed by atoms with Crippen LogP contribution < -0.4 is 16.0 Å². The summed E-state index contributed by atoms with van der Waals surface area (Å²) in [6.45, 7) is 7.97. The Morgan fingerprint density at radius 2 is 1.65 bits per heavy atom. The summed E-state index contributed by atoms with van der Waals surface area (Å²) < 4.78 is 31.9. The Bertz CT molecular complexity index is 832. The molecule has 0 saturated carbocycles. The van der Waals surface area contributed by atoms with Crippen LogP contribution in [0, 0.1) is 0 Å². The van der Waals surface area contributed by atoms with Crippen molar-refractivity contribution in [2.24, 2.45) is 4.99 Å². The summed E-state index contributed by atoms with van der Waals surface area (Å²) in [6, 6.07) is 6.89. The monoisotopic (exact) mass is 567 g/mol. The molecule has 0 aromatic heterocycles. The lowest BCUT2D eigenvalue weighted by Crippen LogP contribution is -2.42. The molecular weight excluding hydrogens is 533 g/mol. The quantitative estimate of drug-likeness (QED) is 0.202. The van der Waals surface area contributed by atoms with E-state index in [9.17, 15) is 13.2 Å². The lowest BCUT2D eigenvalue weighted by Gasteiger charge is -2.20. The Balaban J connectivity index is 0.00000480. The highest BCUT2D eigenvalue weighted by Crippen LogP contribution is 2.21. The highest BCUT2D eigenvalue weighted by atomic mass is 127. The second-order valence-electron chi connectivity index (χ2n) is 8.04. The fourth-order valence-corrected chi connectivity index (χ4v) is 4.44. The zero-order chi connectivity index (χ0) is 22.2. The molecule has 9 nitrogen and oxygen atoms in total. The molecule has 1 aromatic carbocycles. The summed E-state index contributed by atoms with van der Waals surface area (Å²) in [5, 5.41) is 8.93. The molecule has 176 valence electrons. The Morgan fingerprint density at radius 1 is 1.06 bits per heavy atom. The number of sulfonamides is 1. The van der Waals surface area contributed by atoms with Crippen LogP contribution in [0.5, 0.6) is 0 Å². The van der Waals surface area contributed by atoms with Crippen molar-refractivity contribution in [3.05, 3.63) is 29.8 Å². The van der Waals surface area contributed by atoms with Crippen molar-refractivity contribution in [1.82, 2.24) is 20.3 Å². The first-order valence-electron chi connectivity index (χ1n) is 10.1. The van der Waals surface area contributed by atoms with Crippen molar-refractivity contribution >= 4 is 46.1 Å². The highest BCUT2D eigenvalue weighted by molar-refractivity contribution is 14.0. The summed E-state index contributed by atoms with van der Waals surface area (Å²) in [7, 11) is -1.74. The molecule has 1 heterocycles. The number of hydrogen-bond donors (Lipinski definition) is 3. The van der Waals surface area contributed by atoms with Crippen molar-refractivity contribution in [2.45, 2.75) is 50.7 Å². The van der Waals surface area contributed by atoms with Crippen LogP contribution in [0.25, 0.3) is 0 Å². The molecule has 0 spiro atoms. The van der Waals surface area contributed by atoms with Gasteiger partial charge in [-0.25, -0.2) is 13.2 Å². The van der Waals surface area contributed by atoms with Gasteiger partial charge in [-0.2, -0.15) is 4.31 Å². The number of alkyl carbamates (subject to hydrolysis) is 1. The van der Waals surface area contributed by atoms with E-state index in [1.54, 1.807) is 31.3 Å². The third kappa shape index (κ3) is 9.19. The van der Waals surface area contributed by atoms with E-state index in [2.05, 4.69) is 20.9 Å². The number of guanidine groups is 1. The first kappa shape index (κ1) is 27.4. The molecule has 3 N–H and O–H groups in total. The van der Waals surface area contributed by atoms with Crippen LogP contribution in [0.1, 0.15) is 39.2 Å². The van der Waals surface area contributed by atoms with Crippen molar-refractivity contribution in [1.29, 1.82) is 0 Å². The Labute approximate surface area is 202 Å². The summed E-state index contributed by atoms with van der Waals surface area (Å²) in [5.41, 5.74) is 0.406. The number of nitrogens with zero attached hydrogens (tertiary/aromatic N) is 2. The van der Waals surface area contributed by atoms with Crippen LogP contribution in [-0.2, 0) is 21.3 Å². The number of carbonyl (C=O) groups excluding carboxylic acids is 1. The predicted octanol–water partition coefficient (Wildman–Crippen LogP) is 2.28. The number of hydrogen-bond acceptors (Lipinski definition) is 5. The lowest BCUT2D eigenvalue weighted by atomic mass is 10.2. The molecule has 0 unspecified atom stereocenters. The molecular formula is C20H34IN5O4S. The molecule has 31 heavy (non-hydrogen) atoms. The maximum absolute atomic E-state index is 12.6. The molecule has 2 rings (SSSR count). The van der Waals surface area contributed by atoms with Crippen molar-refractivity contribution in [3.63, 3.8) is 0 Å². The van der Waals surface area contributed by atoms with E-state index in [0.717, 1.165) is 18.4 Å². The maximum Gasteiger partial charge on any atom is 0.407 e. The fraction of sp³-hybridized carbons (Fsp3) is 0.600. The molecule has 1 saturated heterocycles. The van der Waals surface area contributed by atoms with Gasteiger partial charge in [0, 0.05) is 39.8 Å². The van der Waals surface area contributed by atoms with E-state index < -0.39 is 21.7 Å². The van der Waals surface area contributed by atoms with Gasteiger partial charge in [0.25, 0.3) is 0 Å². The summed E-state index contributed by atoms with van der Waals surface area (Å²) in [5.74, 6) is 0.578. The topological polar surface area (TPSA) is 112 Å². The minimum Gasteiger partial charge on any atom is -0.444 e. The zero-order valence-electron chi connectivity index (χ0n) is 18.6. The van der Waals surface area contributed by atoms with E-state index in [0.29, 0.717) is 43.6 Å². The third-order valence-corrected chi connectivity index (χ3v) is 6.31. The van der Waals surface area contributed by atoms with E-state index >= 15 is 0 Å². The SMILES string of the molecule is CN=C(NCCNC(=O)OC(C)(C)C)NCc1ccc(S(=O)(=O)N2CCCC2)cc1.I. The van der Waals surface area contributed by atoms with E-state index in [1.165, 1.54) is 4.31 Å². The molecule has 1 aliphatic heterocycles. The van der Waals surface area contributed by atoms with Crippen molar-refractivity contribution < 1.29 is 17.9 Å². The first-order valence-corrected chi connectivity index (χ1v) is 11.6. The number of amides is 1. The second-order valence-corrected chi connectivity index (χ2v) is 9.97. The summed E-state index contributed by atoms with van der Waals surface area (Å²) in [6.07, 6.45) is 1.37. The van der Waals surface area contributed by atoms with Gasteiger partial charge in [-0.15, -0.1) is 24.0 Å². The van der Waals surface area contributed by atoms with Gasteiger partial charge >= 0.3 is 6.09 Å². The minimum absolute atomic E-state index is 0. The Morgan fingerprint density at radius 3 is 2.19 bits per heavy atom. The van der Waals surface area contributed by atoms with Gasteiger partial charge in [-0.3, -0.25) is 4.99 Å². The van der Waals surface area contributed by atoms with E-state index in [-0.39, 0.29) is 24.0 Å². The van der Waals surface area contributed by atoms with Crippen LogP contribution in [0.4, 0.5) is 4.79 Å². The standard InChI is InChI=1S/C20H33N5O4S.HI/c1-20(2,3)29-19(26)23-12-11-22-18(21-4)24-15-16-7-9-17(10-8-16)30(27,28)25-13-5-6-14-25;/h7-10H,5-6,11-15H2,1-4H3,(H,23,26)(H2,21,22,24);1H. The van der Waals surface area contributed by atoms with Crippen LogP contribution in [-0.4, -0.2) is 63.6 Å². The van der Waals surface area contributed by atoms with Crippen molar-refractivity contribution in [3.8, 4) is 0 Å². The number of rotatable bonds is 7. The largest absolute Gasteiger partial charge is 0.444 e. The fourth-order valence-electron chi connectivity index (χ4n) is 2.92. The zero-order valence-corrected chi connectivity index (χ0v) is 21.7. The smallest absolute Gasteiger partial charge is 0.407 e. The Hall–Kier alpha value is -1.60. The first-order chi connectivity index (χ1) is 14.1. The molecule has 1 aliphatic rings. The average Bonchev–Trinajstić information content (AvgIpc) is 3.22. The number of halogens is 1. The highest BCUT2D eigenvalue weighted by Gasteiger charge is 2.26. The molecule has 1 aromatic rings. The number of aliphatic imine (C=N–C) groups is 1. The van der Waals surface area contributed by atoms with Crippen molar-refractivity contribution in [2.75, 3.05) is 33.2 Å². The molecule has 0 atom stereocenters.